The van der Waals surface area contributed by atoms with Crippen molar-refractivity contribution in [3.63, 3.8) is 0 Å². The van der Waals surface area contributed by atoms with Crippen molar-refractivity contribution < 1.29 is 28.4 Å². The fourth-order valence-corrected chi connectivity index (χ4v) is 10.7. The molecule has 15 nitrogen and oxygen atoms in total. The molecular weight excluding hydrogens is 853 g/mol. The van der Waals surface area contributed by atoms with E-state index in [2.05, 4.69) is 59.7 Å². The maximum absolute atomic E-state index is 13.2. The quantitative estimate of drug-likeness (QED) is 0.0679. The Balaban J connectivity index is 0.789. The van der Waals surface area contributed by atoms with Crippen molar-refractivity contribution in [2.75, 3.05) is 95.0 Å². The molecule has 5 heterocycles. The number of halogens is 1. The van der Waals surface area contributed by atoms with E-state index in [0.29, 0.717) is 72.4 Å². The van der Waals surface area contributed by atoms with Crippen LogP contribution >= 0.6 is 18.7 Å². The number of hydrogen-bond acceptors (Lipinski definition) is 13. The highest BCUT2D eigenvalue weighted by Gasteiger charge is 2.40. The van der Waals surface area contributed by atoms with Gasteiger partial charge in [-0.05, 0) is 86.4 Å². The van der Waals surface area contributed by atoms with Crippen LogP contribution in [0.2, 0.25) is 5.02 Å². The molecule has 8 rings (SSSR count). The molecule has 17 heteroatoms. The predicted molar refractivity (Wildman–Crippen MR) is 252 cm³/mol. The molecule has 1 aromatic heterocycles. The highest BCUT2D eigenvalue weighted by atomic mass is 35.5. The maximum atomic E-state index is 13.2. The number of carbonyl (C=O) groups excluding carboxylic acids is 3. The molecular formula is C47H59ClN9O6P. The van der Waals surface area contributed by atoms with E-state index < -0.39 is 19.1 Å². The van der Waals surface area contributed by atoms with Crippen molar-refractivity contribution in [1.29, 1.82) is 0 Å². The van der Waals surface area contributed by atoms with Gasteiger partial charge < -0.3 is 34.5 Å². The molecule has 1 unspecified atom stereocenters. The molecule has 0 radical (unpaired) electrons. The number of nitrogens with zero attached hydrogens (tertiary/aromatic N) is 6. The van der Waals surface area contributed by atoms with Crippen LogP contribution in [0.1, 0.15) is 59.7 Å². The zero-order valence-corrected chi connectivity index (χ0v) is 38.9. The minimum atomic E-state index is -2.56. The molecule has 0 saturated carbocycles. The van der Waals surface area contributed by atoms with Crippen molar-refractivity contribution in [2.24, 2.45) is 0 Å². The standard InChI is InChI=1S/C47H59ClN9O6P/c1-5-31-27-38(51-47-49-29-36(48)44(53-47)50-37-11-6-7-12-42(37)64(3,4)61)41(62-2)28-40(31)56-18-15-33(16-19-56)55-22-20-54(21-23-55)24-26-63-25-17-32-9-8-10-34-35(32)30-57(46(34)60)39-13-14-43(58)52-45(39)59/h6-12,27-29,33,39H,5,13-26,30H2,1-4H3,(H,52,58,59)(H2,49,50,51,53). The summed E-state index contributed by atoms with van der Waals surface area (Å²) >= 11 is 6.53. The summed E-state index contributed by atoms with van der Waals surface area (Å²) in [5.41, 5.74) is 6.51. The third kappa shape index (κ3) is 10.2. The molecule has 0 aliphatic carbocycles. The molecule has 0 spiro atoms. The van der Waals surface area contributed by atoms with Crippen LogP contribution in [0.15, 0.2) is 60.8 Å². The lowest BCUT2D eigenvalue weighted by Crippen LogP contribution is -2.53. The second-order valence-electron chi connectivity index (χ2n) is 17.3. The van der Waals surface area contributed by atoms with Gasteiger partial charge in [0, 0.05) is 87.4 Å². The van der Waals surface area contributed by atoms with Crippen LogP contribution in [0.25, 0.3) is 0 Å². The van der Waals surface area contributed by atoms with Crippen molar-refractivity contribution >= 4 is 70.6 Å². The van der Waals surface area contributed by atoms with Crippen molar-refractivity contribution in [3.05, 3.63) is 88.1 Å². The number of imide groups is 1. The Bertz CT molecular complexity index is 2420. The Morgan fingerprint density at radius 3 is 2.42 bits per heavy atom. The molecule has 0 bridgehead atoms. The van der Waals surface area contributed by atoms with E-state index >= 15 is 0 Å². The smallest absolute Gasteiger partial charge is 0.255 e. The number of anilines is 5. The first-order valence-corrected chi connectivity index (χ1v) is 25.3. The van der Waals surface area contributed by atoms with Crippen LogP contribution < -0.4 is 30.9 Å². The summed E-state index contributed by atoms with van der Waals surface area (Å²) in [6.07, 6.45) is 5.88. The summed E-state index contributed by atoms with van der Waals surface area (Å²) in [4.78, 5) is 55.7. The summed E-state index contributed by atoms with van der Waals surface area (Å²) in [5.74, 6) is 0.640. The number of amides is 3. The van der Waals surface area contributed by atoms with E-state index in [1.807, 2.05) is 42.5 Å². The lowest BCUT2D eigenvalue weighted by Gasteiger charge is -2.43. The average molecular weight is 912 g/mol. The lowest BCUT2D eigenvalue weighted by molar-refractivity contribution is -0.136. The van der Waals surface area contributed by atoms with Gasteiger partial charge in [0.1, 0.15) is 24.0 Å². The fraction of sp³-hybridized carbons (Fsp3) is 0.468. The topological polar surface area (TPSA) is 162 Å². The number of aromatic nitrogens is 2. The molecule has 4 aliphatic heterocycles. The number of carbonyl (C=O) groups is 3. The summed E-state index contributed by atoms with van der Waals surface area (Å²) < 4.78 is 25.0. The molecule has 3 aromatic carbocycles. The Hall–Kier alpha value is -5.05. The first-order chi connectivity index (χ1) is 30.9. The Labute approximate surface area is 380 Å². The molecule has 3 saturated heterocycles. The minimum Gasteiger partial charge on any atom is -0.494 e. The number of hydrogen-bond donors (Lipinski definition) is 3. The van der Waals surface area contributed by atoms with Gasteiger partial charge in [0.05, 0.1) is 37.9 Å². The normalized spacial score (nSPS) is 18.9. The molecule has 3 fully saturated rings. The van der Waals surface area contributed by atoms with Crippen molar-refractivity contribution in [1.82, 2.24) is 30.0 Å². The Morgan fingerprint density at radius 1 is 0.906 bits per heavy atom. The number of piperazine rings is 1. The van der Waals surface area contributed by atoms with Crippen molar-refractivity contribution in [2.45, 2.75) is 64.1 Å². The molecule has 64 heavy (non-hydrogen) atoms. The zero-order chi connectivity index (χ0) is 45.0. The number of benzene rings is 3. The fourth-order valence-electron chi connectivity index (χ4n) is 9.46. The second kappa shape index (κ2) is 20.0. The Morgan fingerprint density at radius 2 is 1.69 bits per heavy atom. The summed E-state index contributed by atoms with van der Waals surface area (Å²) in [6.45, 7) is 14.2. The van der Waals surface area contributed by atoms with Crippen molar-refractivity contribution in [3.8, 4) is 5.75 Å². The first-order valence-electron chi connectivity index (χ1n) is 22.4. The summed E-state index contributed by atoms with van der Waals surface area (Å²) in [6, 6.07) is 17.4. The molecule has 4 aliphatic rings. The highest BCUT2D eigenvalue weighted by Crippen LogP contribution is 2.40. The lowest BCUT2D eigenvalue weighted by atomic mass is 9.99. The molecule has 4 aromatic rings. The molecule has 1 atom stereocenters. The van der Waals surface area contributed by atoms with Gasteiger partial charge in [-0.3, -0.25) is 29.5 Å². The number of piperidine rings is 2. The maximum Gasteiger partial charge on any atom is 0.255 e. The number of ether oxygens (including phenoxy) is 2. The summed E-state index contributed by atoms with van der Waals surface area (Å²) in [5, 5.41) is 10.1. The third-order valence-corrected chi connectivity index (χ3v) is 14.8. The molecule has 3 amide bonds. The number of fused-ring (bicyclic) bond motifs is 1. The van der Waals surface area contributed by atoms with Gasteiger partial charge in [-0.2, -0.15) is 4.98 Å². The van der Waals surface area contributed by atoms with Gasteiger partial charge in [-0.15, -0.1) is 0 Å². The summed E-state index contributed by atoms with van der Waals surface area (Å²) in [7, 11) is -0.880. The van der Waals surface area contributed by atoms with Crippen LogP contribution in [0.5, 0.6) is 5.75 Å². The monoisotopic (exact) mass is 911 g/mol. The molecule has 3 N–H and O–H groups in total. The van der Waals surface area contributed by atoms with E-state index in [9.17, 15) is 18.9 Å². The average Bonchev–Trinajstić information content (AvgIpc) is 3.63. The molecule has 340 valence electrons. The van der Waals surface area contributed by atoms with Gasteiger partial charge in [0.2, 0.25) is 17.8 Å². The number of aryl methyl sites for hydroxylation is 1. The minimum absolute atomic E-state index is 0.148. The SMILES string of the molecule is CCc1cc(Nc2ncc(Cl)c(Nc3ccccc3P(C)(C)=O)n2)c(OC)cc1N1CCC(N2CCN(CCOCCc3cccc4c3CN(C3CCC(=O)NC3=O)C4=O)CC2)CC1. The van der Waals surface area contributed by atoms with Gasteiger partial charge in [0.25, 0.3) is 5.91 Å². The van der Waals surface area contributed by atoms with E-state index in [1.165, 1.54) is 11.3 Å². The van der Waals surface area contributed by atoms with Crippen LogP contribution in [0.4, 0.5) is 28.8 Å². The second-order valence-corrected chi connectivity index (χ2v) is 20.9. The third-order valence-electron chi connectivity index (χ3n) is 13.0. The van der Waals surface area contributed by atoms with Crippen LogP contribution in [-0.4, -0.2) is 134 Å². The van der Waals surface area contributed by atoms with E-state index in [-0.39, 0.29) is 18.2 Å². The van der Waals surface area contributed by atoms with Gasteiger partial charge in [0.15, 0.2) is 5.82 Å². The van der Waals surface area contributed by atoms with Crippen LogP contribution in [-0.2, 0) is 38.3 Å². The van der Waals surface area contributed by atoms with Crippen LogP contribution in [0.3, 0.4) is 0 Å². The number of para-hydroxylation sites is 1. The predicted octanol–water partition coefficient (Wildman–Crippen LogP) is 6.04. The largest absolute Gasteiger partial charge is 0.494 e. The van der Waals surface area contributed by atoms with Crippen LogP contribution in [0, 0.1) is 0 Å². The Kier molecular flexibility index (Phi) is 14.2. The van der Waals surface area contributed by atoms with Gasteiger partial charge in [-0.25, -0.2) is 4.98 Å². The first kappa shape index (κ1) is 45.5. The van der Waals surface area contributed by atoms with E-state index in [0.717, 1.165) is 87.2 Å². The number of rotatable bonds is 16. The number of methoxy groups -OCH3 is 1. The van der Waals surface area contributed by atoms with E-state index in [4.69, 9.17) is 21.1 Å². The van der Waals surface area contributed by atoms with Gasteiger partial charge >= 0.3 is 0 Å². The zero-order valence-electron chi connectivity index (χ0n) is 37.2. The number of nitrogens with one attached hydrogen (secondary N) is 3. The van der Waals surface area contributed by atoms with E-state index in [1.54, 1.807) is 31.5 Å². The van der Waals surface area contributed by atoms with Gasteiger partial charge in [-0.1, -0.05) is 42.8 Å². The highest BCUT2D eigenvalue weighted by molar-refractivity contribution is 7.70.